The first-order valence-electron chi connectivity index (χ1n) is 10.4. The minimum absolute atomic E-state index is 0.00430. The molecule has 1 atom stereocenters. The molecule has 0 saturated heterocycles. The Labute approximate surface area is 190 Å². The third kappa shape index (κ3) is 5.75. The molecule has 3 aromatic rings. The second kappa shape index (κ2) is 9.97. The summed E-state index contributed by atoms with van der Waals surface area (Å²) in [7, 11) is 0.0864. The van der Waals surface area contributed by atoms with Crippen LogP contribution in [0, 0.1) is 13.8 Å². The molecular weight excluding hydrogens is 422 g/mol. The van der Waals surface area contributed by atoms with Gasteiger partial charge in [0.15, 0.2) is 0 Å². The van der Waals surface area contributed by atoms with Gasteiger partial charge in [0.2, 0.25) is 0 Å². The monoisotopic (exact) mass is 451 g/mol. The van der Waals surface area contributed by atoms with Gasteiger partial charge in [0.1, 0.15) is 0 Å². The van der Waals surface area contributed by atoms with Crippen LogP contribution < -0.4 is 10.0 Å². The summed E-state index contributed by atoms with van der Waals surface area (Å²) in [6.07, 6.45) is 0. The molecular formula is C25H29N3O3S. The van der Waals surface area contributed by atoms with Crippen molar-refractivity contribution in [2.45, 2.75) is 24.8 Å². The number of hydrogen-bond acceptors (Lipinski definition) is 4. The molecule has 0 spiro atoms. The first-order chi connectivity index (χ1) is 15.2. The van der Waals surface area contributed by atoms with Crippen LogP contribution >= 0.6 is 0 Å². The number of aryl methyl sites for hydroxylation is 2. The fraction of sp³-hybridized carbons (Fsp3) is 0.240. The van der Waals surface area contributed by atoms with Gasteiger partial charge in [0.25, 0.3) is 15.9 Å². The Morgan fingerprint density at radius 1 is 0.938 bits per heavy atom. The molecule has 0 fully saturated rings. The fourth-order valence-corrected chi connectivity index (χ4v) is 4.57. The van der Waals surface area contributed by atoms with Gasteiger partial charge in [-0.1, -0.05) is 48.5 Å². The topological polar surface area (TPSA) is 78.5 Å². The number of hydrogen-bond donors (Lipinski definition) is 2. The van der Waals surface area contributed by atoms with Crippen LogP contribution in [0.2, 0.25) is 0 Å². The van der Waals surface area contributed by atoms with Crippen LogP contribution in [0.25, 0.3) is 0 Å². The zero-order chi connectivity index (χ0) is 23.3. The number of likely N-dealkylation sites (N-methyl/N-ethyl adjacent to an activating group) is 1. The molecule has 0 aromatic heterocycles. The Balaban J connectivity index is 1.79. The van der Waals surface area contributed by atoms with Gasteiger partial charge in [-0.2, -0.15) is 0 Å². The van der Waals surface area contributed by atoms with Gasteiger partial charge >= 0.3 is 0 Å². The van der Waals surface area contributed by atoms with E-state index in [0.717, 1.165) is 11.1 Å². The van der Waals surface area contributed by atoms with E-state index in [1.54, 1.807) is 31.2 Å². The zero-order valence-corrected chi connectivity index (χ0v) is 19.6. The average Bonchev–Trinajstić information content (AvgIpc) is 2.74. The number of sulfonamides is 1. The first kappa shape index (κ1) is 23.5. The molecule has 0 aliphatic rings. The second-order valence-electron chi connectivity index (χ2n) is 8.05. The van der Waals surface area contributed by atoms with Crippen LogP contribution in [0.5, 0.6) is 0 Å². The lowest BCUT2D eigenvalue weighted by Gasteiger charge is -2.25. The molecule has 168 valence electrons. The molecule has 3 aromatic carbocycles. The van der Waals surface area contributed by atoms with Gasteiger partial charge in [0, 0.05) is 17.8 Å². The second-order valence-corrected chi connectivity index (χ2v) is 9.73. The maximum Gasteiger partial charge on any atom is 0.261 e. The first-order valence-corrected chi connectivity index (χ1v) is 11.9. The number of nitrogens with zero attached hydrogens (tertiary/aromatic N) is 1. The van der Waals surface area contributed by atoms with Crippen molar-refractivity contribution in [2.24, 2.45) is 0 Å². The van der Waals surface area contributed by atoms with Gasteiger partial charge in [0.05, 0.1) is 10.9 Å². The number of nitrogens with one attached hydrogen (secondary N) is 2. The third-order valence-corrected chi connectivity index (χ3v) is 6.68. The summed E-state index contributed by atoms with van der Waals surface area (Å²) < 4.78 is 28.4. The van der Waals surface area contributed by atoms with Crippen molar-refractivity contribution in [3.05, 3.63) is 95.1 Å². The molecule has 0 aliphatic carbocycles. The minimum atomic E-state index is -3.83. The van der Waals surface area contributed by atoms with E-state index in [4.69, 9.17) is 0 Å². The van der Waals surface area contributed by atoms with Gasteiger partial charge < -0.3 is 10.2 Å². The lowest BCUT2D eigenvalue weighted by molar-refractivity contribution is 0.0941. The Hall–Kier alpha value is -3.16. The van der Waals surface area contributed by atoms with Crippen LogP contribution in [-0.2, 0) is 10.0 Å². The van der Waals surface area contributed by atoms with Crippen molar-refractivity contribution >= 4 is 21.6 Å². The highest BCUT2D eigenvalue weighted by atomic mass is 32.2. The highest BCUT2D eigenvalue weighted by Crippen LogP contribution is 2.21. The Bertz CT molecular complexity index is 1190. The number of rotatable bonds is 8. The fourth-order valence-electron chi connectivity index (χ4n) is 3.49. The number of benzene rings is 3. The van der Waals surface area contributed by atoms with Gasteiger partial charge in [-0.05, 0) is 68.9 Å². The predicted octanol–water partition coefficient (Wildman–Crippen LogP) is 4.14. The molecule has 6 nitrogen and oxygen atoms in total. The molecule has 2 N–H and O–H groups in total. The van der Waals surface area contributed by atoms with Gasteiger partial charge in [-0.3, -0.25) is 9.52 Å². The molecule has 0 bridgehead atoms. The van der Waals surface area contributed by atoms with E-state index in [9.17, 15) is 13.2 Å². The summed E-state index contributed by atoms with van der Waals surface area (Å²) >= 11 is 0. The molecule has 0 heterocycles. The Kier molecular flexibility index (Phi) is 7.33. The molecule has 32 heavy (non-hydrogen) atoms. The summed E-state index contributed by atoms with van der Waals surface area (Å²) in [5, 5.41) is 2.96. The van der Waals surface area contributed by atoms with E-state index in [0.29, 0.717) is 23.4 Å². The molecule has 0 aliphatic heterocycles. The van der Waals surface area contributed by atoms with E-state index < -0.39 is 10.0 Å². The highest BCUT2D eigenvalue weighted by molar-refractivity contribution is 7.92. The SMILES string of the molecule is Cc1cccc(NS(=O)(=O)c2ccc(C)c(C(=O)NC[C@@H](c3ccccc3)N(C)C)c2)c1. The number of carbonyl (C=O) groups is 1. The molecule has 7 heteroatoms. The molecule has 0 unspecified atom stereocenters. The van der Waals surface area contributed by atoms with E-state index in [2.05, 4.69) is 10.0 Å². The minimum Gasteiger partial charge on any atom is -0.350 e. The van der Waals surface area contributed by atoms with E-state index in [1.165, 1.54) is 12.1 Å². The quantitative estimate of drug-likeness (QED) is 0.540. The van der Waals surface area contributed by atoms with Crippen molar-refractivity contribution < 1.29 is 13.2 Å². The normalized spacial score (nSPS) is 12.4. The lowest BCUT2D eigenvalue weighted by atomic mass is 10.1. The van der Waals surface area contributed by atoms with Gasteiger partial charge in [-0.25, -0.2) is 8.42 Å². The van der Waals surface area contributed by atoms with E-state index in [-0.39, 0.29) is 16.8 Å². The van der Waals surface area contributed by atoms with Crippen LogP contribution in [0.4, 0.5) is 5.69 Å². The van der Waals surface area contributed by atoms with E-state index >= 15 is 0 Å². The largest absolute Gasteiger partial charge is 0.350 e. The smallest absolute Gasteiger partial charge is 0.261 e. The Morgan fingerprint density at radius 2 is 1.66 bits per heavy atom. The van der Waals surface area contributed by atoms with Crippen molar-refractivity contribution in [3.63, 3.8) is 0 Å². The third-order valence-electron chi connectivity index (χ3n) is 5.30. The van der Waals surface area contributed by atoms with Crippen LogP contribution in [0.15, 0.2) is 77.7 Å². The summed E-state index contributed by atoms with van der Waals surface area (Å²) in [5.41, 5.74) is 3.56. The zero-order valence-electron chi connectivity index (χ0n) is 18.8. The number of carbonyl (C=O) groups excluding carboxylic acids is 1. The summed E-state index contributed by atoms with van der Waals surface area (Å²) in [4.78, 5) is 15.0. The summed E-state index contributed by atoms with van der Waals surface area (Å²) in [5.74, 6) is -0.308. The van der Waals surface area contributed by atoms with Crippen LogP contribution in [0.1, 0.15) is 33.1 Å². The van der Waals surface area contributed by atoms with E-state index in [1.807, 2.05) is 62.3 Å². The van der Waals surface area contributed by atoms with Crippen molar-refractivity contribution in [3.8, 4) is 0 Å². The maximum atomic E-state index is 13.0. The molecule has 0 radical (unpaired) electrons. The highest BCUT2D eigenvalue weighted by Gasteiger charge is 2.20. The standard InChI is InChI=1S/C25H29N3O3S/c1-18-9-8-12-21(15-18)27-32(30,31)22-14-13-19(2)23(16-22)25(29)26-17-24(28(3)4)20-10-6-5-7-11-20/h5-16,24,27H,17H2,1-4H3,(H,26,29)/t24-/m0/s1. The number of amides is 1. The molecule has 0 saturated carbocycles. The molecule has 1 amide bonds. The summed E-state index contributed by atoms with van der Waals surface area (Å²) in [6, 6.07) is 21.6. The van der Waals surface area contributed by atoms with Gasteiger partial charge in [-0.15, -0.1) is 0 Å². The van der Waals surface area contributed by atoms with Crippen molar-refractivity contribution in [1.82, 2.24) is 10.2 Å². The molecule has 3 rings (SSSR count). The maximum absolute atomic E-state index is 13.0. The average molecular weight is 452 g/mol. The van der Waals surface area contributed by atoms with Crippen molar-refractivity contribution in [1.29, 1.82) is 0 Å². The Morgan fingerprint density at radius 3 is 2.31 bits per heavy atom. The summed E-state index contributed by atoms with van der Waals surface area (Å²) in [6.45, 7) is 4.08. The van der Waals surface area contributed by atoms with Crippen LogP contribution in [-0.4, -0.2) is 39.9 Å². The number of anilines is 1. The lowest BCUT2D eigenvalue weighted by Crippen LogP contribution is -2.35. The van der Waals surface area contributed by atoms with Crippen molar-refractivity contribution in [2.75, 3.05) is 25.4 Å². The predicted molar refractivity (Wildman–Crippen MR) is 128 cm³/mol. The van der Waals surface area contributed by atoms with Crippen LogP contribution in [0.3, 0.4) is 0 Å².